The van der Waals surface area contributed by atoms with Gasteiger partial charge >= 0.3 is 0 Å². The lowest BCUT2D eigenvalue weighted by Crippen LogP contribution is -2.38. The Morgan fingerprint density at radius 2 is 2.00 bits per heavy atom. The van der Waals surface area contributed by atoms with Gasteiger partial charge in [0.2, 0.25) is 5.89 Å². The van der Waals surface area contributed by atoms with Crippen LogP contribution in [0.15, 0.2) is 9.52 Å². The smallest absolute Gasteiger partial charge is 0.226 e. The molecule has 1 atom stereocenters. The van der Waals surface area contributed by atoms with E-state index in [4.69, 9.17) is 4.52 Å². The molecule has 0 fully saturated rings. The molecule has 0 saturated heterocycles. The van der Waals surface area contributed by atoms with Crippen molar-refractivity contribution in [2.45, 2.75) is 66.2 Å². The van der Waals surface area contributed by atoms with Crippen molar-refractivity contribution >= 4 is 5.96 Å². The van der Waals surface area contributed by atoms with Crippen LogP contribution in [0.25, 0.3) is 0 Å². The maximum atomic E-state index is 9.24. The lowest BCUT2D eigenvalue weighted by Gasteiger charge is -2.17. The van der Waals surface area contributed by atoms with E-state index in [0.717, 1.165) is 57.1 Å². The van der Waals surface area contributed by atoms with Crippen molar-refractivity contribution in [1.82, 2.24) is 20.8 Å². The molecule has 0 aliphatic carbocycles. The third-order valence-corrected chi connectivity index (χ3v) is 4.05. The van der Waals surface area contributed by atoms with Crippen LogP contribution in [0.5, 0.6) is 0 Å². The summed E-state index contributed by atoms with van der Waals surface area (Å²) in [5.41, 5.74) is 0. The maximum Gasteiger partial charge on any atom is 0.226 e. The van der Waals surface area contributed by atoms with Crippen LogP contribution in [0, 0.1) is 11.8 Å². The van der Waals surface area contributed by atoms with Crippen molar-refractivity contribution in [1.29, 1.82) is 0 Å². The van der Waals surface area contributed by atoms with Gasteiger partial charge in [0.25, 0.3) is 0 Å². The monoisotopic (exact) mass is 367 g/mol. The zero-order valence-electron chi connectivity index (χ0n) is 17.1. The van der Waals surface area contributed by atoms with Crippen LogP contribution >= 0.6 is 0 Å². The van der Waals surface area contributed by atoms with Crippen LogP contribution < -0.4 is 10.6 Å². The molecule has 0 saturated carbocycles. The largest absolute Gasteiger partial charge is 0.396 e. The Bertz CT molecular complexity index is 514. The Labute approximate surface area is 158 Å². The number of nitrogens with one attached hydrogen (secondary N) is 2. The highest BCUT2D eigenvalue weighted by Crippen LogP contribution is 2.15. The number of aliphatic imine (C=N–C) groups is 1. The Morgan fingerprint density at radius 3 is 2.58 bits per heavy atom. The normalized spacial score (nSPS) is 13.5. The summed E-state index contributed by atoms with van der Waals surface area (Å²) in [6.45, 7) is 13.1. The fraction of sp³-hybridized carbons (Fsp3) is 0.842. The second-order valence-corrected chi connectivity index (χ2v) is 7.46. The first-order valence-corrected chi connectivity index (χ1v) is 9.91. The number of hydrogen-bond acceptors (Lipinski definition) is 5. The predicted octanol–water partition coefficient (Wildman–Crippen LogP) is 2.73. The summed E-state index contributed by atoms with van der Waals surface area (Å²) >= 11 is 0. The lowest BCUT2D eigenvalue weighted by atomic mass is 9.94. The summed E-state index contributed by atoms with van der Waals surface area (Å²) in [7, 11) is 0. The van der Waals surface area contributed by atoms with Crippen LogP contribution in [0.1, 0.15) is 71.5 Å². The number of rotatable bonds is 12. The standard InChI is InChI=1S/C19H37N5O2/c1-6-20-19(22-13-16(9-11-25)12-14(2)3)21-10-7-8-17-23-18(15(4)5)24-26-17/h14-16,25H,6-13H2,1-5H3,(H2,20,21,22). The Kier molecular flexibility index (Phi) is 10.9. The summed E-state index contributed by atoms with van der Waals surface area (Å²) in [4.78, 5) is 9.08. The van der Waals surface area contributed by atoms with Crippen LogP contribution in [-0.4, -0.2) is 47.4 Å². The third-order valence-electron chi connectivity index (χ3n) is 4.05. The summed E-state index contributed by atoms with van der Waals surface area (Å²) in [6, 6.07) is 0. The summed E-state index contributed by atoms with van der Waals surface area (Å²) in [5, 5.41) is 19.9. The average Bonchev–Trinajstić information content (AvgIpc) is 3.05. The SMILES string of the molecule is CCNC(=NCC(CCO)CC(C)C)NCCCc1nc(C(C)C)no1. The molecule has 0 aliphatic rings. The van der Waals surface area contributed by atoms with Crippen LogP contribution in [0.3, 0.4) is 0 Å². The molecule has 1 unspecified atom stereocenters. The number of nitrogens with zero attached hydrogens (tertiary/aromatic N) is 3. The zero-order valence-corrected chi connectivity index (χ0v) is 17.1. The van der Waals surface area contributed by atoms with E-state index in [2.05, 4.69) is 60.4 Å². The number of aryl methyl sites for hydroxylation is 1. The molecular weight excluding hydrogens is 330 g/mol. The summed E-state index contributed by atoms with van der Waals surface area (Å²) in [5.74, 6) is 3.61. The summed E-state index contributed by atoms with van der Waals surface area (Å²) < 4.78 is 5.26. The predicted molar refractivity (Wildman–Crippen MR) is 105 cm³/mol. The molecule has 26 heavy (non-hydrogen) atoms. The van der Waals surface area contributed by atoms with Gasteiger partial charge in [-0.1, -0.05) is 32.9 Å². The molecule has 0 bridgehead atoms. The van der Waals surface area contributed by atoms with Gasteiger partial charge in [0, 0.05) is 38.6 Å². The van der Waals surface area contributed by atoms with Gasteiger partial charge in [-0.25, -0.2) is 0 Å². The van der Waals surface area contributed by atoms with E-state index >= 15 is 0 Å². The molecule has 0 amide bonds. The van der Waals surface area contributed by atoms with E-state index in [-0.39, 0.29) is 12.5 Å². The number of guanidine groups is 1. The average molecular weight is 368 g/mol. The number of aliphatic hydroxyl groups is 1. The molecule has 150 valence electrons. The quantitative estimate of drug-likeness (QED) is 0.299. The van der Waals surface area contributed by atoms with Crippen molar-refractivity contribution in [3.05, 3.63) is 11.7 Å². The highest BCUT2D eigenvalue weighted by Gasteiger charge is 2.11. The molecule has 1 aromatic heterocycles. The van der Waals surface area contributed by atoms with Crippen molar-refractivity contribution < 1.29 is 9.63 Å². The molecule has 7 nitrogen and oxygen atoms in total. The topological polar surface area (TPSA) is 95.6 Å². The molecule has 1 heterocycles. The molecule has 1 aromatic rings. The highest BCUT2D eigenvalue weighted by molar-refractivity contribution is 5.79. The van der Waals surface area contributed by atoms with Gasteiger partial charge < -0.3 is 20.3 Å². The van der Waals surface area contributed by atoms with Crippen molar-refractivity contribution in [3.8, 4) is 0 Å². The second-order valence-electron chi connectivity index (χ2n) is 7.46. The molecule has 1 rings (SSSR count). The zero-order chi connectivity index (χ0) is 19.4. The van der Waals surface area contributed by atoms with E-state index in [1.54, 1.807) is 0 Å². The minimum atomic E-state index is 0.222. The lowest BCUT2D eigenvalue weighted by molar-refractivity contribution is 0.245. The molecule has 0 spiro atoms. The van der Waals surface area contributed by atoms with Crippen molar-refractivity contribution in [3.63, 3.8) is 0 Å². The van der Waals surface area contributed by atoms with Crippen molar-refractivity contribution in [2.24, 2.45) is 16.8 Å². The Balaban J connectivity index is 2.42. The third kappa shape index (κ3) is 9.17. The molecule has 0 aliphatic heterocycles. The van der Waals surface area contributed by atoms with E-state index < -0.39 is 0 Å². The second kappa shape index (κ2) is 12.7. The molecule has 0 radical (unpaired) electrons. The number of aliphatic hydroxyl groups excluding tert-OH is 1. The first-order chi connectivity index (χ1) is 12.5. The molecular formula is C19H37N5O2. The molecule has 0 aromatic carbocycles. The van der Waals surface area contributed by atoms with Crippen LogP contribution in [0.2, 0.25) is 0 Å². The van der Waals surface area contributed by atoms with Gasteiger partial charge in [-0.3, -0.25) is 4.99 Å². The first-order valence-electron chi connectivity index (χ1n) is 9.91. The van der Waals surface area contributed by atoms with Gasteiger partial charge in [-0.15, -0.1) is 0 Å². The molecule has 3 N–H and O–H groups in total. The van der Waals surface area contributed by atoms with E-state index in [1.807, 2.05) is 0 Å². The van der Waals surface area contributed by atoms with Crippen molar-refractivity contribution in [2.75, 3.05) is 26.2 Å². The fourth-order valence-electron chi connectivity index (χ4n) is 2.75. The first kappa shape index (κ1) is 22.4. The fourth-order valence-corrected chi connectivity index (χ4v) is 2.75. The number of hydrogen-bond donors (Lipinski definition) is 3. The van der Waals surface area contributed by atoms with E-state index in [1.165, 1.54) is 0 Å². The van der Waals surface area contributed by atoms with E-state index in [0.29, 0.717) is 17.7 Å². The molecule has 7 heteroatoms. The maximum absolute atomic E-state index is 9.24. The van der Waals surface area contributed by atoms with Gasteiger partial charge in [-0.2, -0.15) is 4.98 Å². The van der Waals surface area contributed by atoms with Gasteiger partial charge in [0.1, 0.15) is 0 Å². The Morgan fingerprint density at radius 1 is 1.23 bits per heavy atom. The van der Waals surface area contributed by atoms with Crippen LogP contribution in [0.4, 0.5) is 0 Å². The van der Waals surface area contributed by atoms with Crippen LogP contribution in [-0.2, 0) is 6.42 Å². The summed E-state index contributed by atoms with van der Waals surface area (Å²) in [6.07, 6.45) is 3.54. The number of aromatic nitrogens is 2. The van der Waals surface area contributed by atoms with E-state index in [9.17, 15) is 5.11 Å². The minimum absolute atomic E-state index is 0.222. The van der Waals surface area contributed by atoms with Gasteiger partial charge in [0.05, 0.1) is 0 Å². The van der Waals surface area contributed by atoms with Gasteiger partial charge in [0.15, 0.2) is 11.8 Å². The minimum Gasteiger partial charge on any atom is -0.396 e. The van der Waals surface area contributed by atoms with Gasteiger partial charge in [-0.05, 0) is 38.0 Å². The highest BCUT2D eigenvalue weighted by atomic mass is 16.5. The Hall–Kier alpha value is -1.63.